The third-order valence-corrected chi connectivity index (χ3v) is 5.09. The average Bonchev–Trinajstić information content (AvgIpc) is 2.61. The van der Waals surface area contributed by atoms with Crippen LogP contribution in [0.1, 0.15) is 40.0 Å². The van der Waals surface area contributed by atoms with Gasteiger partial charge in [0.1, 0.15) is 16.9 Å². The van der Waals surface area contributed by atoms with E-state index in [0.29, 0.717) is 11.3 Å². The van der Waals surface area contributed by atoms with Crippen LogP contribution in [0.15, 0.2) is 27.5 Å². The summed E-state index contributed by atoms with van der Waals surface area (Å²) in [5, 5.41) is 19.2. The lowest BCUT2D eigenvalue weighted by Crippen LogP contribution is -2.30. The van der Waals surface area contributed by atoms with Gasteiger partial charge in [0, 0.05) is 34.4 Å². The molecule has 1 aliphatic heterocycles. The molecule has 8 nitrogen and oxygen atoms in total. The lowest BCUT2D eigenvalue weighted by Gasteiger charge is -2.31. The number of aromatic nitrogens is 1. The number of hydrogen-bond donors (Lipinski definition) is 4. The van der Waals surface area contributed by atoms with Crippen molar-refractivity contribution < 1.29 is 19.8 Å². The Morgan fingerprint density at radius 3 is 2.30 bits per heavy atom. The zero-order valence-electron chi connectivity index (χ0n) is 14.3. The highest BCUT2D eigenvalue weighted by Crippen LogP contribution is 2.38. The monoisotopic (exact) mass is 435 g/mol. The molecule has 0 amide bonds. The number of benzene rings is 1. The molecular formula is C18H18BrN3O5. The van der Waals surface area contributed by atoms with E-state index in [0.717, 1.165) is 36.8 Å². The lowest BCUT2D eigenvalue weighted by atomic mass is 9.93. The van der Waals surface area contributed by atoms with Crippen molar-refractivity contribution in [3.05, 3.63) is 44.2 Å². The fraction of sp³-hybridized carbons (Fsp3) is 0.278. The Balaban J connectivity index is 2.38. The minimum absolute atomic E-state index is 0.177. The van der Waals surface area contributed by atoms with Gasteiger partial charge in [-0.25, -0.2) is 9.59 Å². The Hall–Kier alpha value is -2.81. The molecule has 2 heterocycles. The second-order valence-electron chi connectivity index (χ2n) is 6.31. The van der Waals surface area contributed by atoms with Crippen molar-refractivity contribution in [2.24, 2.45) is 0 Å². The Morgan fingerprint density at radius 2 is 1.70 bits per heavy atom. The zero-order chi connectivity index (χ0) is 19.7. The summed E-state index contributed by atoms with van der Waals surface area (Å²) in [6.45, 7) is 1.51. The van der Waals surface area contributed by atoms with E-state index in [-0.39, 0.29) is 11.4 Å². The number of nitrogens with one attached hydrogen (secondary N) is 1. The number of piperidine rings is 1. The third-order valence-electron chi connectivity index (χ3n) is 4.60. The molecule has 0 unspecified atom stereocenters. The molecule has 1 saturated heterocycles. The van der Waals surface area contributed by atoms with Crippen LogP contribution in [0.4, 0.5) is 11.5 Å². The molecule has 0 radical (unpaired) electrons. The summed E-state index contributed by atoms with van der Waals surface area (Å²) in [4.78, 5) is 40.1. The summed E-state index contributed by atoms with van der Waals surface area (Å²) in [5.74, 6) is -3.30. The SMILES string of the molecule is Nc1[nH]c(=O)c(C(=O)O)c(-c2ccc(Br)cc2N2CCCCC2)c1C(=O)O. The van der Waals surface area contributed by atoms with Crippen LogP contribution in [0.5, 0.6) is 0 Å². The minimum atomic E-state index is -1.51. The van der Waals surface area contributed by atoms with E-state index in [1.807, 2.05) is 0 Å². The quantitative estimate of drug-likeness (QED) is 0.579. The van der Waals surface area contributed by atoms with Gasteiger partial charge < -0.3 is 25.8 Å². The van der Waals surface area contributed by atoms with Gasteiger partial charge in [-0.15, -0.1) is 0 Å². The topological polar surface area (TPSA) is 137 Å². The molecule has 142 valence electrons. The van der Waals surface area contributed by atoms with Gasteiger partial charge in [-0.2, -0.15) is 0 Å². The number of H-pyrrole nitrogens is 1. The Kier molecular flexibility index (Phi) is 5.22. The molecule has 0 saturated carbocycles. The van der Waals surface area contributed by atoms with Crippen LogP contribution in [-0.2, 0) is 0 Å². The summed E-state index contributed by atoms with van der Waals surface area (Å²) in [6.07, 6.45) is 3.04. The van der Waals surface area contributed by atoms with Gasteiger partial charge in [0.05, 0.1) is 0 Å². The molecule has 0 aliphatic carbocycles. The molecule has 2 aromatic rings. The highest BCUT2D eigenvalue weighted by atomic mass is 79.9. The average molecular weight is 436 g/mol. The number of nitrogens with two attached hydrogens (primary N) is 1. The summed E-state index contributed by atoms with van der Waals surface area (Å²) >= 11 is 3.41. The van der Waals surface area contributed by atoms with Gasteiger partial charge in [0.2, 0.25) is 0 Å². The maximum atomic E-state index is 12.3. The molecule has 1 fully saturated rings. The Morgan fingerprint density at radius 1 is 1.07 bits per heavy atom. The second kappa shape index (κ2) is 7.43. The number of hydrogen-bond acceptors (Lipinski definition) is 5. The van der Waals surface area contributed by atoms with E-state index in [1.54, 1.807) is 18.2 Å². The van der Waals surface area contributed by atoms with Crippen molar-refractivity contribution in [3.8, 4) is 11.1 Å². The highest BCUT2D eigenvalue weighted by molar-refractivity contribution is 9.10. The number of nitrogens with zero attached hydrogens (tertiary/aromatic N) is 1. The van der Waals surface area contributed by atoms with E-state index in [2.05, 4.69) is 25.8 Å². The van der Waals surface area contributed by atoms with Crippen LogP contribution < -0.4 is 16.2 Å². The lowest BCUT2D eigenvalue weighted by molar-refractivity contribution is 0.0695. The fourth-order valence-corrected chi connectivity index (χ4v) is 3.78. The van der Waals surface area contributed by atoms with E-state index >= 15 is 0 Å². The number of carboxylic acid groups (broad SMARTS) is 2. The van der Waals surface area contributed by atoms with Gasteiger partial charge in [-0.1, -0.05) is 22.0 Å². The molecule has 3 rings (SSSR count). The van der Waals surface area contributed by atoms with Crippen LogP contribution in [0, 0.1) is 0 Å². The van der Waals surface area contributed by atoms with Crippen molar-refractivity contribution in [1.29, 1.82) is 0 Å². The van der Waals surface area contributed by atoms with Gasteiger partial charge in [-0.3, -0.25) is 4.79 Å². The number of anilines is 2. The smallest absolute Gasteiger partial charge is 0.342 e. The van der Waals surface area contributed by atoms with E-state index in [4.69, 9.17) is 5.73 Å². The first-order valence-electron chi connectivity index (χ1n) is 8.38. The van der Waals surface area contributed by atoms with Crippen LogP contribution in [0.3, 0.4) is 0 Å². The number of pyridine rings is 1. The first-order chi connectivity index (χ1) is 12.8. The molecule has 5 N–H and O–H groups in total. The maximum absolute atomic E-state index is 12.3. The molecule has 9 heteroatoms. The summed E-state index contributed by atoms with van der Waals surface area (Å²) in [7, 11) is 0. The molecular weight excluding hydrogens is 418 g/mol. The first-order valence-corrected chi connectivity index (χ1v) is 9.17. The standard InChI is InChI=1S/C18H18BrN3O5/c19-9-4-5-10(11(8-9)22-6-2-1-3-7-22)12-13(17(24)25)15(20)21-16(23)14(12)18(26)27/h4-5,8H,1-3,6-7H2,(H,24,25)(H,26,27)(H3,20,21,23). The fourth-order valence-electron chi connectivity index (χ4n) is 3.43. The van der Waals surface area contributed by atoms with Crippen molar-refractivity contribution in [3.63, 3.8) is 0 Å². The third kappa shape index (κ3) is 3.55. The second-order valence-corrected chi connectivity index (χ2v) is 7.23. The molecule has 0 atom stereocenters. The molecule has 0 spiro atoms. The van der Waals surface area contributed by atoms with Crippen molar-refractivity contribution in [1.82, 2.24) is 4.98 Å². The number of carbonyl (C=O) groups is 2. The zero-order valence-corrected chi connectivity index (χ0v) is 15.9. The Bertz CT molecular complexity index is 980. The predicted molar refractivity (Wildman–Crippen MR) is 105 cm³/mol. The Labute approximate surface area is 162 Å². The van der Waals surface area contributed by atoms with Crippen LogP contribution in [0.2, 0.25) is 0 Å². The molecule has 1 aromatic heterocycles. The normalized spacial score (nSPS) is 14.2. The van der Waals surface area contributed by atoms with Crippen LogP contribution in [0.25, 0.3) is 11.1 Å². The predicted octanol–water partition coefficient (Wildman–Crippen LogP) is 2.77. The summed E-state index contributed by atoms with van der Waals surface area (Å²) in [6, 6.07) is 5.09. The molecule has 0 bridgehead atoms. The van der Waals surface area contributed by atoms with Crippen LogP contribution in [-0.4, -0.2) is 40.2 Å². The number of aromatic amines is 1. The van der Waals surface area contributed by atoms with Gasteiger partial charge in [0.15, 0.2) is 0 Å². The largest absolute Gasteiger partial charge is 0.478 e. The van der Waals surface area contributed by atoms with Gasteiger partial charge in [-0.05, 0) is 31.4 Å². The van der Waals surface area contributed by atoms with E-state index < -0.39 is 28.6 Å². The number of rotatable bonds is 4. The number of aromatic carboxylic acids is 2. The summed E-state index contributed by atoms with van der Waals surface area (Å²) < 4.78 is 0.762. The van der Waals surface area contributed by atoms with Crippen molar-refractivity contribution in [2.45, 2.75) is 19.3 Å². The number of nitrogen functional groups attached to an aromatic ring is 1. The molecule has 1 aromatic carbocycles. The van der Waals surface area contributed by atoms with Gasteiger partial charge >= 0.3 is 11.9 Å². The van der Waals surface area contributed by atoms with E-state index in [9.17, 15) is 24.6 Å². The first kappa shape index (κ1) is 19.0. The molecule has 27 heavy (non-hydrogen) atoms. The van der Waals surface area contributed by atoms with Crippen LogP contribution >= 0.6 is 15.9 Å². The van der Waals surface area contributed by atoms with Crippen molar-refractivity contribution >= 4 is 39.4 Å². The van der Waals surface area contributed by atoms with Gasteiger partial charge in [0.25, 0.3) is 5.56 Å². The van der Waals surface area contributed by atoms with Crippen molar-refractivity contribution in [2.75, 3.05) is 23.7 Å². The summed E-state index contributed by atoms with van der Waals surface area (Å²) in [5.41, 5.74) is 4.58. The van der Waals surface area contributed by atoms with E-state index in [1.165, 1.54) is 0 Å². The highest BCUT2D eigenvalue weighted by Gasteiger charge is 2.29. The molecule has 1 aliphatic rings. The number of halogens is 1. The maximum Gasteiger partial charge on any atom is 0.342 e. The number of carboxylic acids is 2. The minimum Gasteiger partial charge on any atom is -0.478 e.